The fraction of sp³-hybridized carbons (Fsp3) is 0.333. The summed E-state index contributed by atoms with van der Waals surface area (Å²) in [6, 6.07) is 6.53. The maximum atomic E-state index is 13.4. The lowest BCUT2D eigenvalue weighted by Gasteiger charge is -2.05. The molecule has 0 saturated carbocycles. The fourth-order valence-corrected chi connectivity index (χ4v) is 1.97. The van der Waals surface area contributed by atoms with Crippen LogP contribution in [0.2, 0.25) is 0 Å². The van der Waals surface area contributed by atoms with Gasteiger partial charge in [0, 0.05) is 31.3 Å². The molecule has 0 saturated heterocycles. The number of imidazole rings is 1. The highest BCUT2D eigenvalue weighted by molar-refractivity contribution is 5.76. The number of hydrogen-bond donors (Lipinski definition) is 2. The van der Waals surface area contributed by atoms with Crippen molar-refractivity contribution in [2.24, 2.45) is 0 Å². The van der Waals surface area contributed by atoms with E-state index in [-0.39, 0.29) is 11.7 Å². The number of carbonyl (C=O) groups excluding carboxylic acids is 1. The van der Waals surface area contributed by atoms with Crippen molar-refractivity contribution in [1.82, 2.24) is 15.3 Å². The number of aromatic nitrogens is 2. The van der Waals surface area contributed by atoms with E-state index in [1.807, 2.05) is 6.92 Å². The van der Waals surface area contributed by atoms with Gasteiger partial charge >= 0.3 is 0 Å². The summed E-state index contributed by atoms with van der Waals surface area (Å²) < 4.78 is 13.4. The van der Waals surface area contributed by atoms with E-state index in [2.05, 4.69) is 15.3 Å². The first-order chi connectivity index (χ1) is 9.65. The summed E-state index contributed by atoms with van der Waals surface area (Å²) in [6.45, 7) is 2.44. The van der Waals surface area contributed by atoms with Crippen molar-refractivity contribution in [2.45, 2.75) is 26.2 Å². The third kappa shape index (κ3) is 4.19. The van der Waals surface area contributed by atoms with E-state index in [1.54, 1.807) is 24.4 Å². The molecule has 0 radical (unpaired) electrons. The molecule has 0 aliphatic rings. The number of nitrogens with one attached hydrogen (secondary N) is 2. The van der Waals surface area contributed by atoms with Crippen LogP contribution in [0.1, 0.15) is 23.5 Å². The first-order valence-corrected chi connectivity index (χ1v) is 6.66. The van der Waals surface area contributed by atoms with Gasteiger partial charge in [0.1, 0.15) is 11.6 Å². The summed E-state index contributed by atoms with van der Waals surface area (Å²) in [5, 5.41) is 2.82. The van der Waals surface area contributed by atoms with Crippen molar-refractivity contribution in [1.29, 1.82) is 0 Å². The Morgan fingerprint density at radius 1 is 1.35 bits per heavy atom. The molecule has 1 heterocycles. The molecule has 2 rings (SSSR count). The average Bonchev–Trinajstić information content (AvgIpc) is 2.83. The average molecular weight is 275 g/mol. The number of halogens is 1. The largest absolute Gasteiger partial charge is 0.356 e. The van der Waals surface area contributed by atoms with Crippen molar-refractivity contribution in [3.63, 3.8) is 0 Å². The maximum Gasteiger partial charge on any atom is 0.220 e. The second-order valence-electron chi connectivity index (χ2n) is 4.69. The van der Waals surface area contributed by atoms with Gasteiger partial charge in [0.15, 0.2) is 0 Å². The number of aromatic amines is 1. The monoisotopic (exact) mass is 275 g/mol. The minimum Gasteiger partial charge on any atom is -0.356 e. The highest BCUT2D eigenvalue weighted by atomic mass is 19.1. The van der Waals surface area contributed by atoms with E-state index >= 15 is 0 Å². The molecule has 2 aromatic rings. The van der Waals surface area contributed by atoms with Crippen molar-refractivity contribution in [3.05, 3.63) is 53.4 Å². The molecule has 2 N–H and O–H groups in total. The lowest BCUT2D eigenvalue weighted by Crippen LogP contribution is -2.26. The molecule has 0 aliphatic carbocycles. The normalized spacial score (nSPS) is 10.5. The summed E-state index contributed by atoms with van der Waals surface area (Å²) in [5.74, 6) is 0.545. The molecular weight excluding hydrogens is 257 g/mol. The zero-order valence-electron chi connectivity index (χ0n) is 11.4. The van der Waals surface area contributed by atoms with E-state index < -0.39 is 0 Å². The van der Waals surface area contributed by atoms with Gasteiger partial charge in [0.05, 0.1) is 0 Å². The van der Waals surface area contributed by atoms with E-state index in [1.165, 1.54) is 6.07 Å². The Labute approximate surface area is 117 Å². The van der Waals surface area contributed by atoms with Crippen LogP contribution in [0.5, 0.6) is 0 Å². The summed E-state index contributed by atoms with van der Waals surface area (Å²) in [7, 11) is 0. The Morgan fingerprint density at radius 2 is 2.15 bits per heavy atom. The number of carbonyl (C=O) groups is 1. The number of amides is 1. The van der Waals surface area contributed by atoms with Gasteiger partial charge in [-0.2, -0.15) is 0 Å². The van der Waals surface area contributed by atoms with Crippen LogP contribution in [-0.4, -0.2) is 22.4 Å². The Balaban J connectivity index is 1.69. The molecule has 20 heavy (non-hydrogen) atoms. The van der Waals surface area contributed by atoms with Crippen molar-refractivity contribution in [3.8, 4) is 0 Å². The first-order valence-electron chi connectivity index (χ1n) is 6.66. The molecule has 0 fully saturated rings. The van der Waals surface area contributed by atoms with E-state index in [0.29, 0.717) is 31.4 Å². The van der Waals surface area contributed by atoms with Gasteiger partial charge in [-0.1, -0.05) is 18.2 Å². The Morgan fingerprint density at radius 3 is 2.85 bits per heavy atom. The number of hydrogen-bond acceptors (Lipinski definition) is 2. The van der Waals surface area contributed by atoms with Gasteiger partial charge in [-0.05, 0) is 25.0 Å². The number of nitrogens with zero attached hydrogens (tertiary/aromatic N) is 1. The fourth-order valence-electron chi connectivity index (χ4n) is 1.97. The van der Waals surface area contributed by atoms with Gasteiger partial charge in [-0.25, -0.2) is 9.37 Å². The van der Waals surface area contributed by atoms with E-state index in [9.17, 15) is 9.18 Å². The number of aryl methyl sites for hydroxylation is 2. The molecule has 5 heteroatoms. The lowest BCUT2D eigenvalue weighted by molar-refractivity contribution is -0.121. The molecule has 0 spiro atoms. The zero-order valence-corrected chi connectivity index (χ0v) is 11.4. The summed E-state index contributed by atoms with van der Waals surface area (Å²) in [4.78, 5) is 18.9. The molecule has 0 bridgehead atoms. The van der Waals surface area contributed by atoms with Crippen molar-refractivity contribution < 1.29 is 9.18 Å². The molecule has 0 atom stereocenters. The van der Waals surface area contributed by atoms with Crippen LogP contribution in [-0.2, 0) is 17.6 Å². The van der Waals surface area contributed by atoms with E-state index in [0.717, 1.165) is 11.5 Å². The van der Waals surface area contributed by atoms with Gasteiger partial charge < -0.3 is 10.3 Å². The van der Waals surface area contributed by atoms with Crippen molar-refractivity contribution >= 4 is 5.91 Å². The molecule has 4 nitrogen and oxygen atoms in total. The van der Waals surface area contributed by atoms with Crippen molar-refractivity contribution in [2.75, 3.05) is 6.54 Å². The summed E-state index contributed by atoms with van der Waals surface area (Å²) >= 11 is 0. The first kappa shape index (κ1) is 14.2. The maximum absolute atomic E-state index is 13.4. The molecule has 106 valence electrons. The second kappa shape index (κ2) is 6.84. The van der Waals surface area contributed by atoms with E-state index in [4.69, 9.17) is 0 Å². The Hall–Kier alpha value is -2.17. The minimum atomic E-state index is -0.256. The molecular formula is C15H18FN3O. The van der Waals surface area contributed by atoms with Gasteiger partial charge in [-0.15, -0.1) is 0 Å². The standard InChI is InChI=1S/C15H18FN3O/c1-11-18-10-13(19-11)8-9-17-15(20)7-6-12-4-2-3-5-14(12)16/h2-5,10H,6-9H2,1H3,(H,17,20)(H,18,19). The number of H-pyrrole nitrogens is 1. The Kier molecular flexibility index (Phi) is 4.87. The third-order valence-electron chi connectivity index (χ3n) is 3.05. The molecule has 0 aliphatic heterocycles. The van der Waals surface area contributed by atoms with Crippen LogP contribution in [0.4, 0.5) is 4.39 Å². The Bertz CT molecular complexity index is 580. The smallest absolute Gasteiger partial charge is 0.220 e. The van der Waals surface area contributed by atoms with Gasteiger partial charge in [-0.3, -0.25) is 4.79 Å². The van der Waals surface area contributed by atoms with Crippen LogP contribution in [0.25, 0.3) is 0 Å². The lowest BCUT2D eigenvalue weighted by atomic mass is 10.1. The topological polar surface area (TPSA) is 57.8 Å². The predicted molar refractivity (Wildman–Crippen MR) is 74.8 cm³/mol. The summed E-state index contributed by atoms with van der Waals surface area (Å²) in [6.07, 6.45) is 3.19. The predicted octanol–water partition coefficient (Wildman–Crippen LogP) is 2.15. The highest BCUT2D eigenvalue weighted by Gasteiger charge is 2.05. The van der Waals surface area contributed by atoms with Crippen LogP contribution >= 0.6 is 0 Å². The molecule has 1 aromatic heterocycles. The van der Waals surface area contributed by atoms with Crippen LogP contribution in [0, 0.1) is 12.7 Å². The molecule has 0 unspecified atom stereocenters. The van der Waals surface area contributed by atoms with Gasteiger partial charge in [0.2, 0.25) is 5.91 Å². The summed E-state index contributed by atoms with van der Waals surface area (Å²) in [5.41, 5.74) is 1.57. The third-order valence-corrected chi connectivity index (χ3v) is 3.05. The minimum absolute atomic E-state index is 0.0653. The number of benzene rings is 1. The number of rotatable bonds is 6. The molecule has 1 aromatic carbocycles. The van der Waals surface area contributed by atoms with Crippen LogP contribution < -0.4 is 5.32 Å². The second-order valence-corrected chi connectivity index (χ2v) is 4.69. The van der Waals surface area contributed by atoms with Crippen LogP contribution in [0.3, 0.4) is 0 Å². The quantitative estimate of drug-likeness (QED) is 0.848. The van der Waals surface area contributed by atoms with Crippen LogP contribution in [0.15, 0.2) is 30.5 Å². The van der Waals surface area contributed by atoms with Gasteiger partial charge in [0.25, 0.3) is 0 Å². The zero-order chi connectivity index (χ0) is 14.4. The molecule has 1 amide bonds. The highest BCUT2D eigenvalue weighted by Crippen LogP contribution is 2.08. The SMILES string of the molecule is Cc1ncc(CCNC(=O)CCc2ccccc2F)[nH]1.